The van der Waals surface area contributed by atoms with Gasteiger partial charge in [-0.25, -0.2) is 0 Å². The quantitative estimate of drug-likeness (QED) is 0.630. The van der Waals surface area contributed by atoms with Gasteiger partial charge in [0.05, 0.1) is 0 Å². The van der Waals surface area contributed by atoms with E-state index in [1.54, 1.807) is 0 Å². The Morgan fingerprint density at radius 1 is 1.31 bits per heavy atom. The number of unbranched alkanes of at least 4 members (excludes halogenated alkanes) is 1. The fourth-order valence-electron chi connectivity index (χ4n) is 1.44. The summed E-state index contributed by atoms with van der Waals surface area (Å²) < 4.78 is 0. The van der Waals surface area contributed by atoms with Crippen LogP contribution in [0.3, 0.4) is 0 Å². The van der Waals surface area contributed by atoms with Crippen molar-refractivity contribution in [3.63, 3.8) is 0 Å². The van der Waals surface area contributed by atoms with Gasteiger partial charge in [0.1, 0.15) is 0 Å². The van der Waals surface area contributed by atoms with Crippen LogP contribution in [0.25, 0.3) is 0 Å². The van der Waals surface area contributed by atoms with Gasteiger partial charge in [-0.15, -0.1) is 0 Å². The Morgan fingerprint density at radius 3 is 2.62 bits per heavy atom. The van der Waals surface area contributed by atoms with Crippen LogP contribution in [0.1, 0.15) is 36.5 Å². The van der Waals surface area contributed by atoms with E-state index in [4.69, 9.17) is 0 Å². The standard InChI is InChI=1S/C13H18BrNO/c1-11(14)7-5-6-10-15-13(16)12-8-3-2-4-9-12/h2-4,8-9,11H,5-7,10H2,1H3,(H,15,16). The number of nitrogens with one attached hydrogen (secondary N) is 1. The molecule has 0 radical (unpaired) electrons. The van der Waals surface area contributed by atoms with Crippen molar-refractivity contribution in [1.82, 2.24) is 5.32 Å². The third kappa shape index (κ3) is 5.31. The number of alkyl halides is 1. The molecule has 16 heavy (non-hydrogen) atoms. The first kappa shape index (κ1) is 13.2. The van der Waals surface area contributed by atoms with Gasteiger partial charge in [0.15, 0.2) is 0 Å². The Hall–Kier alpha value is -0.830. The maximum atomic E-state index is 11.6. The molecule has 2 nitrogen and oxygen atoms in total. The summed E-state index contributed by atoms with van der Waals surface area (Å²) in [6, 6.07) is 9.32. The number of rotatable bonds is 6. The van der Waals surface area contributed by atoms with Crippen molar-refractivity contribution in [3.05, 3.63) is 35.9 Å². The van der Waals surface area contributed by atoms with Crippen molar-refractivity contribution in [3.8, 4) is 0 Å². The van der Waals surface area contributed by atoms with Crippen LogP contribution in [0.4, 0.5) is 0 Å². The van der Waals surface area contributed by atoms with Crippen LogP contribution in [0, 0.1) is 0 Å². The van der Waals surface area contributed by atoms with E-state index in [1.807, 2.05) is 30.3 Å². The second-order valence-corrected chi connectivity index (χ2v) is 5.46. The Labute approximate surface area is 106 Å². The van der Waals surface area contributed by atoms with Crippen LogP contribution in [-0.2, 0) is 0 Å². The average molecular weight is 284 g/mol. The molecule has 1 unspecified atom stereocenters. The molecule has 0 aliphatic heterocycles. The van der Waals surface area contributed by atoms with Gasteiger partial charge in [0, 0.05) is 16.9 Å². The largest absolute Gasteiger partial charge is 0.352 e. The maximum Gasteiger partial charge on any atom is 0.251 e. The summed E-state index contributed by atoms with van der Waals surface area (Å²) in [4.78, 5) is 12.2. The topological polar surface area (TPSA) is 29.1 Å². The molecule has 0 aliphatic rings. The van der Waals surface area contributed by atoms with Crippen molar-refractivity contribution in [2.45, 2.75) is 31.0 Å². The van der Waals surface area contributed by atoms with Gasteiger partial charge in [0.2, 0.25) is 0 Å². The third-order valence-electron chi connectivity index (χ3n) is 2.35. The van der Waals surface area contributed by atoms with E-state index in [-0.39, 0.29) is 5.91 Å². The molecule has 1 rings (SSSR count). The highest BCUT2D eigenvalue weighted by Crippen LogP contribution is 2.07. The Balaban J connectivity index is 2.16. The molecule has 1 amide bonds. The molecule has 1 atom stereocenters. The van der Waals surface area contributed by atoms with Crippen molar-refractivity contribution in [1.29, 1.82) is 0 Å². The summed E-state index contributed by atoms with van der Waals surface area (Å²) in [6.07, 6.45) is 3.33. The fraction of sp³-hybridized carbons (Fsp3) is 0.462. The SMILES string of the molecule is CC(Br)CCCCNC(=O)c1ccccc1. The molecular formula is C13H18BrNO. The Bertz CT molecular complexity index is 311. The number of carbonyl (C=O) groups is 1. The minimum atomic E-state index is 0.0208. The number of halogens is 1. The zero-order valence-electron chi connectivity index (χ0n) is 9.58. The van der Waals surface area contributed by atoms with Gasteiger partial charge in [-0.1, -0.05) is 47.5 Å². The molecule has 0 aromatic heterocycles. The average Bonchev–Trinajstić information content (AvgIpc) is 2.29. The number of hydrogen-bond donors (Lipinski definition) is 1. The monoisotopic (exact) mass is 283 g/mol. The maximum absolute atomic E-state index is 11.6. The first-order chi connectivity index (χ1) is 7.70. The predicted octanol–water partition coefficient (Wildman–Crippen LogP) is 3.37. The third-order valence-corrected chi connectivity index (χ3v) is 2.81. The highest BCUT2D eigenvalue weighted by Gasteiger charge is 2.02. The van der Waals surface area contributed by atoms with Gasteiger partial charge in [0.25, 0.3) is 5.91 Å². The van der Waals surface area contributed by atoms with E-state index in [0.717, 1.165) is 31.4 Å². The van der Waals surface area contributed by atoms with Crippen molar-refractivity contribution < 1.29 is 4.79 Å². The van der Waals surface area contributed by atoms with E-state index < -0.39 is 0 Å². The molecule has 1 aromatic rings. The van der Waals surface area contributed by atoms with E-state index in [9.17, 15) is 4.79 Å². The first-order valence-corrected chi connectivity index (χ1v) is 6.59. The molecule has 1 N–H and O–H groups in total. The van der Waals surface area contributed by atoms with E-state index in [0.29, 0.717) is 4.83 Å². The predicted molar refractivity (Wildman–Crippen MR) is 71.0 cm³/mol. The molecule has 0 saturated carbocycles. The molecule has 0 bridgehead atoms. The summed E-state index contributed by atoms with van der Waals surface area (Å²) in [6.45, 7) is 2.90. The van der Waals surface area contributed by atoms with Crippen molar-refractivity contribution in [2.75, 3.05) is 6.54 Å². The highest BCUT2D eigenvalue weighted by molar-refractivity contribution is 9.09. The van der Waals surface area contributed by atoms with Gasteiger partial charge in [-0.2, -0.15) is 0 Å². The van der Waals surface area contributed by atoms with E-state index in [1.165, 1.54) is 0 Å². The van der Waals surface area contributed by atoms with Crippen LogP contribution in [-0.4, -0.2) is 17.3 Å². The van der Waals surface area contributed by atoms with Crippen LogP contribution in [0.5, 0.6) is 0 Å². The lowest BCUT2D eigenvalue weighted by Gasteiger charge is -2.05. The molecule has 0 saturated heterocycles. The Kier molecular flexibility index (Phi) is 6.16. The summed E-state index contributed by atoms with van der Waals surface area (Å²) in [7, 11) is 0. The second kappa shape index (κ2) is 7.44. The molecule has 88 valence electrons. The van der Waals surface area contributed by atoms with Gasteiger partial charge >= 0.3 is 0 Å². The number of carbonyl (C=O) groups excluding carboxylic acids is 1. The fourth-order valence-corrected chi connectivity index (χ4v) is 1.77. The highest BCUT2D eigenvalue weighted by atomic mass is 79.9. The van der Waals surface area contributed by atoms with Crippen molar-refractivity contribution in [2.24, 2.45) is 0 Å². The van der Waals surface area contributed by atoms with Crippen LogP contribution >= 0.6 is 15.9 Å². The van der Waals surface area contributed by atoms with Gasteiger partial charge < -0.3 is 5.32 Å². The van der Waals surface area contributed by atoms with Crippen LogP contribution in [0.15, 0.2) is 30.3 Å². The zero-order valence-corrected chi connectivity index (χ0v) is 11.2. The summed E-state index contributed by atoms with van der Waals surface area (Å²) in [5.74, 6) is 0.0208. The number of hydrogen-bond acceptors (Lipinski definition) is 1. The lowest BCUT2D eigenvalue weighted by Crippen LogP contribution is -2.24. The smallest absolute Gasteiger partial charge is 0.251 e. The first-order valence-electron chi connectivity index (χ1n) is 5.67. The normalized spacial score (nSPS) is 12.1. The summed E-state index contributed by atoms with van der Waals surface area (Å²) >= 11 is 3.50. The van der Waals surface area contributed by atoms with Crippen LogP contribution < -0.4 is 5.32 Å². The lowest BCUT2D eigenvalue weighted by atomic mass is 10.2. The zero-order chi connectivity index (χ0) is 11.8. The van der Waals surface area contributed by atoms with E-state index in [2.05, 4.69) is 28.2 Å². The lowest BCUT2D eigenvalue weighted by molar-refractivity contribution is 0.0953. The molecule has 0 heterocycles. The molecule has 0 fully saturated rings. The number of amides is 1. The molecule has 0 spiro atoms. The minimum Gasteiger partial charge on any atom is -0.352 e. The van der Waals surface area contributed by atoms with Gasteiger partial charge in [-0.05, 0) is 25.0 Å². The summed E-state index contributed by atoms with van der Waals surface area (Å²) in [5.41, 5.74) is 0.733. The van der Waals surface area contributed by atoms with Crippen LogP contribution in [0.2, 0.25) is 0 Å². The Morgan fingerprint density at radius 2 is 2.00 bits per heavy atom. The number of benzene rings is 1. The molecule has 1 aromatic carbocycles. The second-order valence-electron chi connectivity index (χ2n) is 3.90. The molecular weight excluding hydrogens is 266 g/mol. The molecule has 0 aliphatic carbocycles. The van der Waals surface area contributed by atoms with Gasteiger partial charge in [-0.3, -0.25) is 4.79 Å². The molecule has 3 heteroatoms. The van der Waals surface area contributed by atoms with E-state index >= 15 is 0 Å². The van der Waals surface area contributed by atoms with Crippen molar-refractivity contribution >= 4 is 21.8 Å². The minimum absolute atomic E-state index is 0.0208. The summed E-state index contributed by atoms with van der Waals surface area (Å²) in [5, 5.41) is 2.92.